The van der Waals surface area contributed by atoms with Gasteiger partial charge in [-0.1, -0.05) is 36.9 Å². The number of hydrogen-bond donors (Lipinski definition) is 1. The summed E-state index contributed by atoms with van der Waals surface area (Å²) in [6, 6.07) is 5.56. The van der Waals surface area contributed by atoms with Crippen LogP contribution < -0.4 is 5.73 Å². The number of benzene rings is 1. The van der Waals surface area contributed by atoms with Crippen LogP contribution in [0.1, 0.15) is 31.2 Å². The predicted octanol–water partition coefficient (Wildman–Crippen LogP) is 3.63. The van der Waals surface area contributed by atoms with Gasteiger partial charge in [-0.2, -0.15) is 0 Å². The molecular formula is C13H18ClNO. The predicted molar refractivity (Wildman–Crippen MR) is 67.5 cm³/mol. The lowest BCUT2D eigenvalue weighted by molar-refractivity contribution is 0.0954. The standard InChI is InChI=1S/C13H18ClNO/c14-12-5-2-6-13(15)11(12)9-16-8-7-10-3-1-4-10/h2,5-6,10H,1,3-4,7-9,15H2. The fourth-order valence-corrected chi connectivity index (χ4v) is 2.17. The first kappa shape index (κ1) is 11.7. The van der Waals surface area contributed by atoms with Gasteiger partial charge in [0.05, 0.1) is 6.61 Å². The molecule has 0 unspecified atom stereocenters. The van der Waals surface area contributed by atoms with Gasteiger partial charge in [0.15, 0.2) is 0 Å². The van der Waals surface area contributed by atoms with Gasteiger partial charge in [0, 0.05) is 22.9 Å². The van der Waals surface area contributed by atoms with Crippen molar-refractivity contribution in [1.29, 1.82) is 0 Å². The average Bonchev–Trinajstić information content (AvgIpc) is 2.19. The molecule has 3 heteroatoms. The molecule has 0 bridgehead atoms. The first-order valence-corrected chi connectivity index (χ1v) is 6.26. The van der Waals surface area contributed by atoms with Crippen LogP contribution in [0.4, 0.5) is 5.69 Å². The van der Waals surface area contributed by atoms with Crippen molar-refractivity contribution >= 4 is 17.3 Å². The summed E-state index contributed by atoms with van der Waals surface area (Å²) in [6.45, 7) is 1.34. The van der Waals surface area contributed by atoms with Crippen molar-refractivity contribution < 1.29 is 4.74 Å². The van der Waals surface area contributed by atoms with Crippen molar-refractivity contribution in [3.8, 4) is 0 Å². The van der Waals surface area contributed by atoms with E-state index in [1.165, 1.54) is 25.7 Å². The van der Waals surface area contributed by atoms with Crippen LogP contribution in [0.2, 0.25) is 5.02 Å². The summed E-state index contributed by atoms with van der Waals surface area (Å²) in [5.74, 6) is 0.892. The highest BCUT2D eigenvalue weighted by Crippen LogP contribution is 2.29. The first-order valence-electron chi connectivity index (χ1n) is 5.88. The largest absolute Gasteiger partial charge is 0.398 e. The Kier molecular flexibility index (Phi) is 4.08. The highest BCUT2D eigenvalue weighted by atomic mass is 35.5. The molecule has 1 aromatic rings. The van der Waals surface area contributed by atoms with Gasteiger partial charge in [-0.3, -0.25) is 0 Å². The lowest BCUT2D eigenvalue weighted by atomic mass is 9.83. The second kappa shape index (κ2) is 5.55. The summed E-state index contributed by atoms with van der Waals surface area (Å²) in [5.41, 5.74) is 7.47. The zero-order valence-corrected chi connectivity index (χ0v) is 10.2. The van der Waals surface area contributed by atoms with Gasteiger partial charge >= 0.3 is 0 Å². The van der Waals surface area contributed by atoms with Gasteiger partial charge < -0.3 is 10.5 Å². The topological polar surface area (TPSA) is 35.2 Å². The van der Waals surface area contributed by atoms with Crippen molar-refractivity contribution in [3.63, 3.8) is 0 Å². The minimum Gasteiger partial charge on any atom is -0.398 e. The van der Waals surface area contributed by atoms with Crippen LogP contribution in [0.15, 0.2) is 18.2 Å². The molecule has 0 radical (unpaired) electrons. The summed E-state index contributed by atoms with van der Waals surface area (Å²) >= 11 is 6.05. The van der Waals surface area contributed by atoms with E-state index in [0.717, 1.165) is 23.8 Å². The summed E-state index contributed by atoms with van der Waals surface area (Å²) < 4.78 is 5.62. The number of hydrogen-bond acceptors (Lipinski definition) is 2. The lowest BCUT2D eigenvalue weighted by Gasteiger charge is -2.24. The fraction of sp³-hybridized carbons (Fsp3) is 0.538. The van der Waals surface area contributed by atoms with Gasteiger partial charge in [0.1, 0.15) is 0 Å². The van der Waals surface area contributed by atoms with Gasteiger partial charge in [-0.05, 0) is 24.5 Å². The zero-order valence-electron chi connectivity index (χ0n) is 9.42. The van der Waals surface area contributed by atoms with E-state index in [-0.39, 0.29) is 0 Å². The van der Waals surface area contributed by atoms with Crippen molar-refractivity contribution in [2.24, 2.45) is 5.92 Å². The van der Waals surface area contributed by atoms with E-state index in [0.29, 0.717) is 11.6 Å². The van der Waals surface area contributed by atoms with Crippen LogP contribution in [0.3, 0.4) is 0 Å². The number of nitrogen functional groups attached to an aromatic ring is 1. The third-order valence-electron chi connectivity index (χ3n) is 3.30. The van der Waals surface area contributed by atoms with E-state index in [1.807, 2.05) is 18.2 Å². The number of nitrogens with two attached hydrogens (primary N) is 1. The summed E-state index contributed by atoms with van der Waals surface area (Å²) in [4.78, 5) is 0. The molecule has 0 spiro atoms. The third kappa shape index (κ3) is 2.89. The maximum Gasteiger partial charge on any atom is 0.0751 e. The van der Waals surface area contributed by atoms with Crippen LogP contribution >= 0.6 is 11.6 Å². The molecule has 0 aromatic heterocycles. The van der Waals surface area contributed by atoms with Gasteiger partial charge in [0.2, 0.25) is 0 Å². The Morgan fingerprint density at radius 3 is 2.81 bits per heavy atom. The molecule has 0 heterocycles. The van der Waals surface area contributed by atoms with E-state index >= 15 is 0 Å². The molecular weight excluding hydrogens is 222 g/mol. The summed E-state index contributed by atoms with van der Waals surface area (Å²) in [7, 11) is 0. The Labute approximate surface area is 102 Å². The van der Waals surface area contributed by atoms with Crippen molar-refractivity contribution in [2.45, 2.75) is 32.3 Å². The van der Waals surface area contributed by atoms with E-state index in [2.05, 4.69) is 0 Å². The third-order valence-corrected chi connectivity index (χ3v) is 3.65. The molecule has 16 heavy (non-hydrogen) atoms. The number of anilines is 1. The first-order chi connectivity index (χ1) is 7.77. The molecule has 0 amide bonds. The molecule has 0 saturated heterocycles. The van der Waals surface area contributed by atoms with Gasteiger partial charge in [-0.15, -0.1) is 0 Å². The Hall–Kier alpha value is -0.730. The van der Waals surface area contributed by atoms with Crippen molar-refractivity contribution in [1.82, 2.24) is 0 Å². The van der Waals surface area contributed by atoms with Crippen molar-refractivity contribution in [3.05, 3.63) is 28.8 Å². The van der Waals surface area contributed by atoms with Crippen LogP contribution in [0.5, 0.6) is 0 Å². The zero-order chi connectivity index (χ0) is 11.4. The van der Waals surface area contributed by atoms with E-state index < -0.39 is 0 Å². The quantitative estimate of drug-likeness (QED) is 0.629. The lowest BCUT2D eigenvalue weighted by Crippen LogP contribution is -2.13. The van der Waals surface area contributed by atoms with Gasteiger partial charge in [0.25, 0.3) is 0 Å². The van der Waals surface area contributed by atoms with Crippen molar-refractivity contribution in [2.75, 3.05) is 12.3 Å². The normalized spacial score (nSPS) is 16.1. The number of halogens is 1. The average molecular weight is 240 g/mol. The highest BCUT2D eigenvalue weighted by Gasteiger charge is 2.16. The Balaban J connectivity index is 1.75. The SMILES string of the molecule is Nc1cccc(Cl)c1COCCC1CCC1. The molecule has 2 rings (SSSR count). The molecule has 1 aromatic carbocycles. The minimum atomic E-state index is 0.526. The Bertz CT molecular complexity index is 330. The second-order valence-electron chi connectivity index (χ2n) is 4.45. The molecule has 88 valence electrons. The van der Waals surface area contributed by atoms with E-state index in [4.69, 9.17) is 22.1 Å². The highest BCUT2D eigenvalue weighted by molar-refractivity contribution is 6.31. The second-order valence-corrected chi connectivity index (χ2v) is 4.85. The van der Waals surface area contributed by atoms with Crippen LogP contribution in [0, 0.1) is 5.92 Å². The fourth-order valence-electron chi connectivity index (χ4n) is 1.93. The molecule has 1 fully saturated rings. The van der Waals surface area contributed by atoms with Gasteiger partial charge in [-0.25, -0.2) is 0 Å². The minimum absolute atomic E-state index is 0.526. The summed E-state index contributed by atoms with van der Waals surface area (Å²) in [6.07, 6.45) is 5.31. The maximum absolute atomic E-state index is 6.05. The van der Waals surface area contributed by atoms with E-state index in [1.54, 1.807) is 0 Å². The number of ether oxygens (including phenoxy) is 1. The molecule has 0 atom stereocenters. The monoisotopic (exact) mass is 239 g/mol. The summed E-state index contributed by atoms with van der Waals surface area (Å²) in [5, 5.41) is 0.698. The van der Waals surface area contributed by atoms with Crippen LogP contribution in [-0.2, 0) is 11.3 Å². The van der Waals surface area contributed by atoms with Crippen LogP contribution in [0.25, 0.3) is 0 Å². The Morgan fingerprint density at radius 2 is 2.19 bits per heavy atom. The molecule has 1 aliphatic carbocycles. The number of rotatable bonds is 5. The Morgan fingerprint density at radius 1 is 1.38 bits per heavy atom. The molecule has 2 N–H and O–H groups in total. The molecule has 1 saturated carbocycles. The molecule has 0 aliphatic heterocycles. The van der Waals surface area contributed by atoms with E-state index in [9.17, 15) is 0 Å². The molecule has 2 nitrogen and oxygen atoms in total. The maximum atomic E-state index is 6.05. The van der Waals surface area contributed by atoms with Crippen LogP contribution in [-0.4, -0.2) is 6.61 Å². The molecule has 1 aliphatic rings. The smallest absolute Gasteiger partial charge is 0.0751 e.